The first kappa shape index (κ1) is 17.7. The van der Waals surface area contributed by atoms with Crippen molar-refractivity contribution in [1.82, 2.24) is 15.1 Å². The first-order valence-corrected chi connectivity index (χ1v) is 9.85. The predicted octanol–water partition coefficient (Wildman–Crippen LogP) is 0.824. The molecule has 126 valence electrons. The summed E-state index contributed by atoms with van der Waals surface area (Å²) in [6.07, 6.45) is 0.764. The van der Waals surface area contributed by atoms with Crippen LogP contribution in [0.3, 0.4) is 0 Å². The van der Waals surface area contributed by atoms with Crippen molar-refractivity contribution in [2.75, 3.05) is 25.1 Å². The minimum absolute atomic E-state index is 0.0324. The van der Waals surface area contributed by atoms with Crippen molar-refractivity contribution in [3.8, 4) is 6.07 Å². The quantitative estimate of drug-likeness (QED) is 0.686. The van der Waals surface area contributed by atoms with E-state index in [1.165, 1.54) is 4.90 Å². The third-order valence-electron chi connectivity index (χ3n) is 3.56. The maximum atomic E-state index is 12.1. The Morgan fingerprint density at radius 2 is 2.30 bits per heavy atom. The van der Waals surface area contributed by atoms with Crippen molar-refractivity contribution in [3.05, 3.63) is 5.89 Å². The van der Waals surface area contributed by atoms with Crippen molar-refractivity contribution in [2.24, 2.45) is 0 Å². The Morgan fingerprint density at radius 3 is 2.91 bits per heavy atom. The van der Waals surface area contributed by atoms with Crippen molar-refractivity contribution >= 4 is 27.5 Å². The lowest BCUT2D eigenvalue weighted by Crippen LogP contribution is -2.33. The van der Waals surface area contributed by atoms with E-state index < -0.39 is 15.1 Å². The van der Waals surface area contributed by atoms with Gasteiger partial charge in [-0.1, -0.05) is 11.8 Å². The first-order chi connectivity index (χ1) is 10.8. The molecule has 23 heavy (non-hydrogen) atoms. The number of rotatable bonds is 6. The molecule has 0 radical (unpaired) electrons. The average Bonchev–Trinajstić information content (AvgIpc) is 3.10. The third kappa shape index (κ3) is 4.68. The normalized spacial score (nSPS) is 20.8. The number of sulfone groups is 1. The van der Waals surface area contributed by atoms with Gasteiger partial charge in [-0.2, -0.15) is 5.26 Å². The summed E-state index contributed by atoms with van der Waals surface area (Å²) >= 11 is 1.13. The minimum Gasteiger partial charge on any atom is -0.416 e. The second-order valence-corrected chi connectivity index (χ2v) is 8.95. The minimum atomic E-state index is -3.01. The lowest BCUT2D eigenvalue weighted by molar-refractivity contribution is -0.128. The van der Waals surface area contributed by atoms with Gasteiger partial charge in [0.05, 0.1) is 35.2 Å². The van der Waals surface area contributed by atoms with Crippen LogP contribution in [0.4, 0.5) is 0 Å². The number of aromatic nitrogens is 2. The van der Waals surface area contributed by atoms with Gasteiger partial charge in [0, 0.05) is 13.6 Å². The number of nitrogens with zero attached hydrogens (tertiary/aromatic N) is 4. The molecular weight excluding hydrogens is 340 g/mol. The molecule has 2 heterocycles. The largest absolute Gasteiger partial charge is 0.416 e. The SMILES string of the molecule is C[C@H](Sc1nnc([C@@H]2CCS(=O)(=O)C2)o1)C(=O)N(C)CCC#N. The van der Waals surface area contributed by atoms with Crippen LogP contribution in [0.15, 0.2) is 9.64 Å². The third-order valence-corrected chi connectivity index (χ3v) is 6.25. The number of hydrogen-bond acceptors (Lipinski definition) is 8. The maximum absolute atomic E-state index is 12.1. The van der Waals surface area contributed by atoms with Crippen LogP contribution in [0, 0.1) is 11.3 Å². The summed E-state index contributed by atoms with van der Waals surface area (Å²) < 4.78 is 28.5. The lowest BCUT2D eigenvalue weighted by atomic mass is 10.1. The molecule has 0 bridgehead atoms. The molecule has 0 saturated carbocycles. The highest BCUT2D eigenvalue weighted by molar-refractivity contribution is 8.00. The Hall–Kier alpha value is -1.60. The molecule has 0 spiro atoms. The van der Waals surface area contributed by atoms with E-state index in [1.807, 2.05) is 6.07 Å². The monoisotopic (exact) mass is 358 g/mol. The smallest absolute Gasteiger partial charge is 0.277 e. The zero-order chi connectivity index (χ0) is 17.0. The topological polar surface area (TPSA) is 117 Å². The van der Waals surface area contributed by atoms with Gasteiger partial charge in [-0.05, 0) is 13.3 Å². The van der Waals surface area contributed by atoms with Crippen LogP contribution in [0.25, 0.3) is 0 Å². The molecule has 1 fully saturated rings. The van der Waals surface area contributed by atoms with Gasteiger partial charge < -0.3 is 9.32 Å². The zero-order valence-electron chi connectivity index (χ0n) is 12.9. The molecule has 1 aliphatic rings. The van der Waals surface area contributed by atoms with Gasteiger partial charge in [0.25, 0.3) is 5.22 Å². The van der Waals surface area contributed by atoms with E-state index in [4.69, 9.17) is 9.68 Å². The summed E-state index contributed by atoms with van der Waals surface area (Å²) in [6, 6.07) is 1.99. The fraction of sp³-hybridized carbons (Fsp3) is 0.692. The molecule has 0 N–H and O–H groups in total. The van der Waals surface area contributed by atoms with Crippen LogP contribution >= 0.6 is 11.8 Å². The standard InChI is InChI=1S/C13H18N4O4S2/c1-9(12(18)17(2)6-3-5-14)22-13-16-15-11(21-13)10-4-7-23(19,20)8-10/h9-10H,3-4,6-8H2,1-2H3/t9-,10+/m0/s1. The highest BCUT2D eigenvalue weighted by atomic mass is 32.2. The Kier molecular flexibility index (Phi) is 5.64. The van der Waals surface area contributed by atoms with Crippen molar-refractivity contribution in [1.29, 1.82) is 5.26 Å². The molecule has 1 aliphatic heterocycles. The number of carbonyl (C=O) groups excluding carboxylic acids is 1. The number of amides is 1. The highest BCUT2D eigenvalue weighted by Gasteiger charge is 2.33. The van der Waals surface area contributed by atoms with Gasteiger partial charge in [-0.3, -0.25) is 4.79 Å². The van der Waals surface area contributed by atoms with Crippen molar-refractivity contribution in [2.45, 2.75) is 36.2 Å². The predicted molar refractivity (Wildman–Crippen MR) is 83.5 cm³/mol. The molecule has 1 aromatic heterocycles. The Balaban J connectivity index is 1.94. The summed E-state index contributed by atoms with van der Waals surface area (Å²) in [5, 5.41) is 16.1. The molecule has 2 rings (SSSR count). The van der Waals surface area contributed by atoms with Gasteiger partial charge >= 0.3 is 0 Å². The summed E-state index contributed by atoms with van der Waals surface area (Å²) in [5.74, 6) is 0.0943. The van der Waals surface area contributed by atoms with Gasteiger partial charge in [-0.25, -0.2) is 8.42 Å². The van der Waals surface area contributed by atoms with E-state index in [-0.39, 0.29) is 35.0 Å². The van der Waals surface area contributed by atoms with E-state index in [1.54, 1.807) is 14.0 Å². The van der Waals surface area contributed by atoms with Crippen molar-refractivity contribution < 1.29 is 17.6 Å². The fourth-order valence-electron chi connectivity index (χ4n) is 2.26. The average molecular weight is 358 g/mol. The summed E-state index contributed by atoms with van der Waals surface area (Å²) in [7, 11) is -1.37. The van der Waals surface area contributed by atoms with E-state index >= 15 is 0 Å². The van der Waals surface area contributed by atoms with Gasteiger partial charge in [0.1, 0.15) is 0 Å². The summed E-state index contributed by atoms with van der Waals surface area (Å²) in [5.41, 5.74) is 0. The van der Waals surface area contributed by atoms with Crippen LogP contribution < -0.4 is 0 Å². The fourth-order valence-corrected chi connectivity index (χ4v) is 4.80. The number of carbonyl (C=O) groups is 1. The molecule has 0 aromatic carbocycles. The van der Waals surface area contributed by atoms with Crippen LogP contribution in [-0.4, -0.2) is 59.8 Å². The molecule has 1 amide bonds. The Morgan fingerprint density at radius 1 is 1.57 bits per heavy atom. The van der Waals surface area contributed by atoms with Gasteiger partial charge in [0.2, 0.25) is 11.8 Å². The number of hydrogen-bond donors (Lipinski definition) is 0. The maximum Gasteiger partial charge on any atom is 0.277 e. The van der Waals surface area contributed by atoms with Crippen molar-refractivity contribution in [3.63, 3.8) is 0 Å². The van der Waals surface area contributed by atoms with Gasteiger partial charge in [0.15, 0.2) is 9.84 Å². The Bertz CT molecular complexity index is 710. The number of thioether (sulfide) groups is 1. The van der Waals surface area contributed by atoms with Crippen LogP contribution in [0.5, 0.6) is 0 Å². The zero-order valence-corrected chi connectivity index (χ0v) is 14.6. The second kappa shape index (κ2) is 7.31. The molecular formula is C13H18N4O4S2. The highest BCUT2D eigenvalue weighted by Crippen LogP contribution is 2.31. The van der Waals surface area contributed by atoms with Crippen LogP contribution in [-0.2, 0) is 14.6 Å². The van der Waals surface area contributed by atoms with Gasteiger partial charge in [-0.15, -0.1) is 10.2 Å². The molecule has 0 unspecified atom stereocenters. The van der Waals surface area contributed by atoms with E-state index in [9.17, 15) is 13.2 Å². The van der Waals surface area contributed by atoms with Crippen LogP contribution in [0.2, 0.25) is 0 Å². The second-order valence-electron chi connectivity index (χ2n) is 5.43. The Labute approximate surface area is 139 Å². The molecule has 1 aromatic rings. The molecule has 8 nitrogen and oxygen atoms in total. The molecule has 2 atom stereocenters. The molecule has 1 saturated heterocycles. The van der Waals surface area contributed by atoms with E-state index in [0.717, 1.165) is 11.8 Å². The number of nitriles is 1. The van der Waals surface area contributed by atoms with Crippen LogP contribution in [0.1, 0.15) is 31.6 Å². The van der Waals surface area contributed by atoms with E-state index in [0.29, 0.717) is 18.9 Å². The molecule has 10 heteroatoms. The summed E-state index contributed by atoms with van der Waals surface area (Å²) in [6.45, 7) is 2.09. The van der Waals surface area contributed by atoms with E-state index in [2.05, 4.69) is 10.2 Å². The lowest BCUT2D eigenvalue weighted by Gasteiger charge is -2.18. The first-order valence-electron chi connectivity index (χ1n) is 7.15. The molecule has 0 aliphatic carbocycles. The summed E-state index contributed by atoms with van der Waals surface area (Å²) in [4.78, 5) is 13.6.